The number of benzene rings is 2. The summed E-state index contributed by atoms with van der Waals surface area (Å²) >= 11 is 1.33. The van der Waals surface area contributed by atoms with Crippen molar-refractivity contribution in [3.8, 4) is 17.2 Å². The van der Waals surface area contributed by atoms with E-state index in [1.54, 1.807) is 13.2 Å². The summed E-state index contributed by atoms with van der Waals surface area (Å²) in [5.41, 5.74) is 0.251. The summed E-state index contributed by atoms with van der Waals surface area (Å²) in [5, 5.41) is 12.3. The first-order chi connectivity index (χ1) is 16.4. The zero-order valence-corrected chi connectivity index (χ0v) is 20.7. The smallest absolute Gasteiger partial charge is 0.286 e. The van der Waals surface area contributed by atoms with Gasteiger partial charge in [-0.05, 0) is 31.3 Å². The van der Waals surface area contributed by atoms with Gasteiger partial charge in [0.2, 0.25) is 0 Å². The molecule has 0 aliphatic heterocycles. The van der Waals surface area contributed by atoms with Gasteiger partial charge in [0.1, 0.15) is 11.3 Å². The van der Waals surface area contributed by atoms with Crippen LogP contribution in [0.3, 0.4) is 0 Å². The Hall–Kier alpha value is -3.44. The number of rotatable bonds is 11. The fourth-order valence-electron chi connectivity index (χ4n) is 3.54. The molecule has 0 fully saturated rings. The van der Waals surface area contributed by atoms with Crippen LogP contribution in [0, 0.1) is 10.1 Å². The molecule has 0 saturated heterocycles. The minimum Gasteiger partial charge on any atom is -0.497 e. The van der Waals surface area contributed by atoms with Crippen LogP contribution in [0.2, 0.25) is 0 Å². The number of likely N-dealkylation sites (N-methyl/N-ethyl adjacent to an activating group) is 1. The summed E-state index contributed by atoms with van der Waals surface area (Å²) in [5.74, 6) is 0.548. The van der Waals surface area contributed by atoms with Crippen molar-refractivity contribution in [1.82, 2.24) is 9.88 Å². The second-order valence-electron chi connectivity index (χ2n) is 7.30. The minimum atomic E-state index is -0.596. The van der Waals surface area contributed by atoms with Crippen LogP contribution < -0.4 is 19.1 Å². The lowest BCUT2D eigenvalue weighted by Gasteiger charge is -2.25. The Kier molecular flexibility index (Phi) is 8.24. The van der Waals surface area contributed by atoms with Gasteiger partial charge in [-0.15, -0.1) is 0 Å². The molecule has 1 aromatic heterocycles. The van der Waals surface area contributed by atoms with Gasteiger partial charge in [0.05, 0.1) is 42.5 Å². The highest BCUT2D eigenvalue weighted by atomic mass is 32.1. The molecule has 2 aromatic carbocycles. The van der Waals surface area contributed by atoms with E-state index in [0.29, 0.717) is 29.5 Å². The maximum absolute atomic E-state index is 13.8. The Morgan fingerprint density at radius 1 is 1.03 bits per heavy atom. The van der Waals surface area contributed by atoms with Crippen molar-refractivity contribution in [1.29, 1.82) is 0 Å². The number of thiazole rings is 1. The van der Waals surface area contributed by atoms with Gasteiger partial charge in [0.25, 0.3) is 11.6 Å². The van der Waals surface area contributed by atoms with Crippen molar-refractivity contribution in [2.45, 2.75) is 13.8 Å². The number of carbonyl (C=O) groups is 1. The van der Waals surface area contributed by atoms with Gasteiger partial charge in [0, 0.05) is 19.2 Å². The maximum atomic E-state index is 13.8. The molecule has 11 heteroatoms. The van der Waals surface area contributed by atoms with E-state index >= 15 is 0 Å². The van der Waals surface area contributed by atoms with Crippen molar-refractivity contribution in [2.75, 3.05) is 52.4 Å². The molecular weight excluding hydrogens is 460 g/mol. The number of anilines is 1. The highest BCUT2D eigenvalue weighted by Gasteiger charge is 2.30. The van der Waals surface area contributed by atoms with E-state index in [2.05, 4.69) is 9.88 Å². The summed E-state index contributed by atoms with van der Waals surface area (Å²) in [6.45, 7) is 6.60. The van der Waals surface area contributed by atoms with Gasteiger partial charge < -0.3 is 19.1 Å². The SMILES string of the molecule is CCN(CC)CCN(C(=O)c1cc(OC)c(OC)cc1[N+](=O)[O-])c1nc2ccc(OC)cc2s1. The number of hydrogen-bond acceptors (Lipinski definition) is 9. The van der Waals surface area contributed by atoms with E-state index in [1.807, 2.05) is 26.0 Å². The van der Waals surface area contributed by atoms with Gasteiger partial charge >= 0.3 is 0 Å². The third kappa shape index (κ3) is 5.20. The van der Waals surface area contributed by atoms with Crippen molar-refractivity contribution < 1.29 is 23.9 Å². The number of methoxy groups -OCH3 is 3. The van der Waals surface area contributed by atoms with Gasteiger partial charge in [0.15, 0.2) is 16.6 Å². The Bertz CT molecular complexity index is 1180. The molecule has 0 atom stereocenters. The third-order valence-electron chi connectivity index (χ3n) is 5.52. The van der Waals surface area contributed by atoms with E-state index < -0.39 is 10.8 Å². The van der Waals surface area contributed by atoms with Crippen LogP contribution in [0.4, 0.5) is 10.8 Å². The first-order valence-corrected chi connectivity index (χ1v) is 11.6. The normalized spacial score (nSPS) is 11.0. The second-order valence-corrected chi connectivity index (χ2v) is 8.30. The molecule has 1 amide bonds. The summed E-state index contributed by atoms with van der Waals surface area (Å²) in [4.78, 5) is 33.3. The zero-order valence-electron chi connectivity index (χ0n) is 19.9. The van der Waals surface area contributed by atoms with Gasteiger partial charge in [-0.2, -0.15) is 0 Å². The number of nitro groups is 1. The molecule has 34 heavy (non-hydrogen) atoms. The molecule has 0 spiro atoms. The van der Waals surface area contributed by atoms with E-state index in [9.17, 15) is 14.9 Å². The van der Waals surface area contributed by atoms with Crippen molar-refractivity contribution in [2.24, 2.45) is 0 Å². The summed E-state index contributed by atoms with van der Waals surface area (Å²) in [6, 6.07) is 8.02. The standard InChI is InChI=1S/C23H28N4O6S/c1-6-25(7-2)10-11-26(23-24-17-9-8-15(31-3)12-21(17)34-23)22(28)16-13-19(32-4)20(33-5)14-18(16)27(29)30/h8-9,12-14H,6-7,10-11H2,1-5H3. The Balaban J connectivity index is 2.11. The predicted molar refractivity (Wildman–Crippen MR) is 132 cm³/mol. The largest absolute Gasteiger partial charge is 0.497 e. The molecule has 10 nitrogen and oxygen atoms in total. The second kappa shape index (κ2) is 11.1. The lowest BCUT2D eigenvalue weighted by molar-refractivity contribution is -0.385. The van der Waals surface area contributed by atoms with Crippen LogP contribution in [-0.4, -0.2) is 68.2 Å². The molecule has 0 saturated carbocycles. The monoisotopic (exact) mass is 488 g/mol. The van der Waals surface area contributed by atoms with Gasteiger partial charge in [-0.3, -0.25) is 19.8 Å². The molecule has 0 N–H and O–H groups in total. The van der Waals surface area contributed by atoms with Crippen molar-refractivity contribution in [3.05, 3.63) is 46.0 Å². The first-order valence-electron chi connectivity index (χ1n) is 10.8. The van der Waals surface area contributed by atoms with Crippen LogP contribution >= 0.6 is 11.3 Å². The summed E-state index contributed by atoms with van der Waals surface area (Å²) < 4.78 is 16.6. The molecule has 3 rings (SSSR count). The number of aromatic nitrogens is 1. The van der Waals surface area contributed by atoms with Crippen LogP contribution in [-0.2, 0) is 0 Å². The van der Waals surface area contributed by atoms with Crippen LogP contribution in [0.15, 0.2) is 30.3 Å². The van der Waals surface area contributed by atoms with E-state index in [-0.39, 0.29) is 22.7 Å². The number of ether oxygens (including phenoxy) is 3. The molecule has 3 aromatic rings. The number of fused-ring (bicyclic) bond motifs is 1. The number of hydrogen-bond donors (Lipinski definition) is 0. The van der Waals surface area contributed by atoms with Crippen LogP contribution in [0.1, 0.15) is 24.2 Å². The molecule has 0 bridgehead atoms. The first kappa shape index (κ1) is 25.2. The average Bonchev–Trinajstić information content (AvgIpc) is 3.28. The molecular formula is C23H28N4O6S. The van der Waals surface area contributed by atoms with Crippen LogP contribution in [0.25, 0.3) is 10.2 Å². The molecule has 1 heterocycles. The summed E-state index contributed by atoms with van der Waals surface area (Å²) in [6.07, 6.45) is 0. The topological polar surface area (TPSA) is 107 Å². The predicted octanol–water partition coefficient (Wildman–Crippen LogP) is 4.22. The molecule has 0 aliphatic carbocycles. The third-order valence-corrected chi connectivity index (χ3v) is 6.56. The highest BCUT2D eigenvalue weighted by Crippen LogP contribution is 2.37. The maximum Gasteiger partial charge on any atom is 0.286 e. The molecule has 0 radical (unpaired) electrons. The quantitative estimate of drug-likeness (QED) is 0.292. The zero-order chi connectivity index (χ0) is 24.8. The highest BCUT2D eigenvalue weighted by molar-refractivity contribution is 7.22. The van der Waals surface area contributed by atoms with E-state index in [4.69, 9.17) is 14.2 Å². The minimum absolute atomic E-state index is 0.0981. The Labute approximate surface area is 201 Å². The fraction of sp³-hybridized carbons (Fsp3) is 0.391. The van der Waals surface area contributed by atoms with Crippen LogP contribution in [0.5, 0.6) is 17.2 Å². The van der Waals surface area contributed by atoms with E-state index in [1.165, 1.54) is 42.6 Å². The van der Waals surface area contributed by atoms with Crippen molar-refractivity contribution in [3.63, 3.8) is 0 Å². The Morgan fingerprint density at radius 3 is 2.29 bits per heavy atom. The molecule has 0 unspecified atom stereocenters. The number of nitro benzene ring substituents is 1. The molecule has 182 valence electrons. The number of carbonyl (C=O) groups excluding carboxylic acids is 1. The number of amides is 1. The number of nitrogens with zero attached hydrogens (tertiary/aromatic N) is 4. The fourth-order valence-corrected chi connectivity index (χ4v) is 4.55. The van der Waals surface area contributed by atoms with Crippen molar-refractivity contribution >= 4 is 38.3 Å². The Morgan fingerprint density at radius 2 is 1.71 bits per heavy atom. The van der Waals surface area contributed by atoms with Gasteiger partial charge in [-0.25, -0.2) is 4.98 Å². The lowest BCUT2D eigenvalue weighted by atomic mass is 10.1. The van der Waals surface area contributed by atoms with Gasteiger partial charge in [-0.1, -0.05) is 25.2 Å². The lowest BCUT2D eigenvalue weighted by Crippen LogP contribution is -2.39. The van der Waals surface area contributed by atoms with E-state index in [0.717, 1.165) is 17.8 Å². The average molecular weight is 489 g/mol. The molecule has 0 aliphatic rings. The summed E-state index contributed by atoms with van der Waals surface area (Å²) in [7, 11) is 4.38.